The number of rotatable bonds is 10. The number of carbonyl (C=O) groups excluding carboxylic acids is 1. The van der Waals surface area contributed by atoms with Gasteiger partial charge in [0.05, 0.1) is 29.5 Å². The van der Waals surface area contributed by atoms with Crippen LogP contribution >= 0.6 is 23.2 Å². The van der Waals surface area contributed by atoms with E-state index in [0.717, 1.165) is 0 Å². The summed E-state index contributed by atoms with van der Waals surface area (Å²) in [5.74, 6) is 1.49. The molecule has 0 aliphatic carbocycles. The van der Waals surface area contributed by atoms with Crippen LogP contribution in [0.4, 0.5) is 0 Å². The number of carbonyl (C=O) groups is 1. The Balaban J connectivity index is 2.04. The smallest absolute Gasteiger partial charge is 0.347 e. The van der Waals surface area contributed by atoms with Crippen LogP contribution in [-0.2, 0) is 14.4 Å². The maximum atomic E-state index is 11.2. The van der Waals surface area contributed by atoms with Crippen molar-refractivity contribution in [2.24, 2.45) is 11.1 Å². The van der Waals surface area contributed by atoms with Crippen LogP contribution in [0.5, 0.6) is 17.2 Å². The fourth-order valence-corrected chi connectivity index (χ4v) is 2.73. The molecule has 0 aromatic heterocycles. The second kappa shape index (κ2) is 11.5. The van der Waals surface area contributed by atoms with Crippen LogP contribution in [0.2, 0.25) is 10.0 Å². The summed E-state index contributed by atoms with van der Waals surface area (Å²) in [6.45, 7) is 6.48. The van der Waals surface area contributed by atoms with Crippen molar-refractivity contribution in [3.8, 4) is 17.2 Å². The Hall–Kier alpha value is -2.44. The van der Waals surface area contributed by atoms with Gasteiger partial charge in [-0.15, -0.1) is 0 Å². The minimum absolute atomic E-state index is 0.276. The Bertz CT molecular complexity index is 832. The molecule has 0 saturated carbocycles. The summed E-state index contributed by atoms with van der Waals surface area (Å²) in [5.41, 5.74) is 0.588. The van der Waals surface area contributed by atoms with E-state index in [2.05, 4.69) is 19.0 Å². The molecule has 6 nitrogen and oxygen atoms in total. The molecule has 0 radical (unpaired) electrons. The number of hydrogen-bond acceptors (Lipinski definition) is 6. The molecule has 0 atom stereocenters. The number of halogens is 2. The largest absolute Gasteiger partial charge is 0.493 e. The zero-order chi connectivity index (χ0) is 21.2. The fourth-order valence-electron chi connectivity index (χ4n) is 2.15. The lowest BCUT2D eigenvalue weighted by atomic mass is 10.2. The van der Waals surface area contributed by atoms with Crippen molar-refractivity contribution in [2.45, 2.75) is 20.8 Å². The van der Waals surface area contributed by atoms with E-state index in [0.29, 0.717) is 45.4 Å². The SMILES string of the molecule is CCOC(=O)CO/N=C/c1cc(Cl)c(Oc2cccc(OCC(C)C)c2)c(Cl)c1. The van der Waals surface area contributed by atoms with Gasteiger partial charge in [0.2, 0.25) is 6.61 Å². The molecule has 0 aliphatic rings. The molecular weight excluding hydrogens is 417 g/mol. The highest BCUT2D eigenvalue weighted by atomic mass is 35.5. The maximum Gasteiger partial charge on any atom is 0.347 e. The average Bonchev–Trinajstić information content (AvgIpc) is 2.67. The summed E-state index contributed by atoms with van der Waals surface area (Å²) in [7, 11) is 0. The third-order valence-corrected chi connectivity index (χ3v) is 3.95. The molecule has 0 aliphatic heterocycles. The summed E-state index contributed by atoms with van der Waals surface area (Å²) in [5, 5.41) is 4.31. The Kier molecular flexibility index (Phi) is 9.09. The van der Waals surface area contributed by atoms with Crippen LogP contribution in [0.25, 0.3) is 0 Å². The zero-order valence-electron chi connectivity index (χ0n) is 16.5. The minimum atomic E-state index is -0.496. The standard InChI is InChI=1S/C21H23Cl2NO5/c1-4-26-20(25)13-28-24-11-15-8-18(22)21(19(23)9-15)29-17-7-5-6-16(10-17)27-12-14(2)3/h5-11,14H,4,12-13H2,1-3H3/b24-11+. The molecule has 2 rings (SSSR count). The van der Waals surface area contributed by atoms with Crippen molar-refractivity contribution in [3.63, 3.8) is 0 Å². The predicted molar refractivity (Wildman–Crippen MR) is 113 cm³/mol. The van der Waals surface area contributed by atoms with Gasteiger partial charge in [-0.25, -0.2) is 4.79 Å². The number of nitrogens with zero attached hydrogens (tertiary/aromatic N) is 1. The molecule has 0 fully saturated rings. The van der Waals surface area contributed by atoms with Crippen LogP contribution in [0, 0.1) is 5.92 Å². The third kappa shape index (κ3) is 7.83. The quantitative estimate of drug-likeness (QED) is 0.268. The molecule has 0 spiro atoms. The van der Waals surface area contributed by atoms with E-state index < -0.39 is 5.97 Å². The molecule has 0 amide bonds. The minimum Gasteiger partial charge on any atom is -0.493 e. The van der Waals surface area contributed by atoms with Crippen molar-refractivity contribution in [1.29, 1.82) is 0 Å². The summed E-state index contributed by atoms with van der Waals surface area (Å²) < 4.78 is 16.3. The molecule has 29 heavy (non-hydrogen) atoms. The van der Waals surface area contributed by atoms with Crippen molar-refractivity contribution >= 4 is 35.4 Å². The molecular formula is C21H23Cl2NO5. The Morgan fingerprint density at radius 1 is 1.14 bits per heavy atom. The van der Waals surface area contributed by atoms with Gasteiger partial charge in [-0.3, -0.25) is 0 Å². The van der Waals surface area contributed by atoms with Gasteiger partial charge in [0.15, 0.2) is 5.75 Å². The zero-order valence-corrected chi connectivity index (χ0v) is 18.0. The van der Waals surface area contributed by atoms with Crippen molar-refractivity contribution in [3.05, 3.63) is 52.0 Å². The van der Waals surface area contributed by atoms with E-state index in [1.807, 2.05) is 12.1 Å². The van der Waals surface area contributed by atoms with Gasteiger partial charge in [-0.1, -0.05) is 48.3 Å². The van der Waals surface area contributed by atoms with E-state index >= 15 is 0 Å². The highest BCUT2D eigenvalue weighted by Gasteiger charge is 2.11. The van der Waals surface area contributed by atoms with Crippen LogP contribution in [0.1, 0.15) is 26.3 Å². The molecule has 8 heteroatoms. The number of hydrogen-bond donors (Lipinski definition) is 0. The second-order valence-electron chi connectivity index (χ2n) is 6.41. The van der Waals surface area contributed by atoms with E-state index in [1.165, 1.54) is 6.21 Å². The summed E-state index contributed by atoms with van der Waals surface area (Å²) in [4.78, 5) is 16.1. The molecule has 0 unspecified atom stereocenters. The number of benzene rings is 2. The molecule has 0 bridgehead atoms. The first kappa shape index (κ1) is 22.8. The first-order valence-corrected chi connectivity index (χ1v) is 9.85. The topological polar surface area (TPSA) is 66.4 Å². The second-order valence-corrected chi connectivity index (χ2v) is 7.22. The van der Waals surface area contributed by atoms with Crippen LogP contribution in [0.3, 0.4) is 0 Å². The lowest BCUT2D eigenvalue weighted by Gasteiger charge is -2.13. The Morgan fingerprint density at radius 2 is 1.83 bits per heavy atom. The number of esters is 1. The molecule has 0 N–H and O–H groups in total. The third-order valence-electron chi connectivity index (χ3n) is 3.39. The predicted octanol–water partition coefficient (Wildman–Crippen LogP) is 5.73. The molecule has 0 saturated heterocycles. The summed E-state index contributed by atoms with van der Waals surface area (Å²) in [6.07, 6.45) is 1.39. The van der Waals surface area contributed by atoms with Gasteiger partial charge in [-0.05, 0) is 42.7 Å². The van der Waals surface area contributed by atoms with E-state index in [1.54, 1.807) is 31.2 Å². The van der Waals surface area contributed by atoms with Crippen LogP contribution in [0.15, 0.2) is 41.6 Å². The van der Waals surface area contributed by atoms with Crippen molar-refractivity contribution in [1.82, 2.24) is 0 Å². The van der Waals surface area contributed by atoms with E-state index in [9.17, 15) is 4.79 Å². The summed E-state index contributed by atoms with van der Waals surface area (Å²) >= 11 is 12.6. The number of oxime groups is 1. The average molecular weight is 440 g/mol. The monoisotopic (exact) mass is 439 g/mol. The first-order valence-electron chi connectivity index (χ1n) is 9.09. The lowest BCUT2D eigenvalue weighted by Crippen LogP contribution is -2.10. The van der Waals surface area contributed by atoms with Gasteiger partial charge in [0.25, 0.3) is 0 Å². The number of ether oxygens (including phenoxy) is 3. The van der Waals surface area contributed by atoms with Crippen molar-refractivity contribution < 1.29 is 23.8 Å². The first-order chi connectivity index (χ1) is 13.9. The maximum absolute atomic E-state index is 11.2. The summed E-state index contributed by atoms with van der Waals surface area (Å²) in [6, 6.07) is 10.5. The van der Waals surface area contributed by atoms with Crippen LogP contribution < -0.4 is 9.47 Å². The normalized spacial score (nSPS) is 11.0. The van der Waals surface area contributed by atoms with Gasteiger partial charge in [-0.2, -0.15) is 0 Å². The lowest BCUT2D eigenvalue weighted by molar-refractivity contribution is -0.148. The van der Waals surface area contributed by atoms with Gasteiger partial charge >= 0.3 is 5.97 Å². The van der Waals surface area contributed by atoms with E-state index in [4.69, 9.17) is 42.3 Å². The van der Waals surface area contributed by atoms with E-state index in [-0.39, 0.29) is 13.2 Å². The Labute approximate surface area is 180 Å². The molecule has 0 heterocycles. The molecule has 2 aromatic carbocycles. The van der Waals surface area contributed by atoms with Gasteiger partial charge in [0.1, 0.15) is 11.5 Å². The van der Waals surface area contributed by atoms with Crippen LogP contribution in [-0.4, -0.2) is 32.0 Å². The van der Waals surface area contributed by atoms with Crippen molar-refractivity contribution in [2.75, 3.05) is 19.8 Å². The van der Waals surface area contributed by atoms with Gasteiger partial charge < -0.3 is 19.0 Å². The Morgan fingerprint density at radius 3 is 2.48 bits per heavy atom. The fraction of sp³-hybridized carbons (Fsp3) is 0.333. The molecule has 156 valence electrons. The highest BCUT2D eigenvalue weighted by molar-refractivity contribution is 6.37. The molecule has 2 aromatic rings. The highest BCUT2D eigenvalue weighted by Crippen LogP contribution is 2.37. The van der Waals surface area contributed by atoms with Gasteiger partial charge in [0, 0.05) is 6.07 Å².